The van der Waals surface area contributed by atoms with Gasteiger partial charge < -0.3 is 4.74 Å². The zero-order chi connectivity index (χ0) is 6.81. The van der Waals surface area contributed by atoms with Gasteiger partial charge in [-0.05, 0) is 0 Å². The van der Waals surface area contributed by atoms with Crippen LogP contribution in [0.2, 0.25) is 0 Å². The summed E-state index contributed by atoms with van der Waals surface area (Å²) >= 11 is 0. The fourth-order valence-electron chi connectivity index (χ4n) is 1.19. The molecular weight excluding hydrogens is 126 g/mol. The monoisotopic (exact) mass is 137 g/mol. The molecule has 2 heteroatoms. The smallest absolute Gasteiger partial charge is 0.0938 e. The summed E-state index contributed by atoms with van der Waals surface area (Å²) in [6.45, 7) is 5.07. The second-order valence-electron chi connectivity index (χ2n) is 2.75. The van der Waals surface area contributed by atoms with Gasteiger partial charge in [-0.3, -0.25) is 4.90 Å². The Kier molecular flexibility index (Phi) is 1.62. The van der Waals surface area contributed by atoms with Gasteiger partial charge in [0.05, 0.1) is 19.1 Å². The zero-order valence-corrected chi connectivity index (χ0v) is 5.97. The molecule has 0 N–H and O–H groups in total. The van der Waals surface area contributed by atoms with Crippen molar-refractivity contribution in [2.75, 3.05) is 32.8 Å². The average molecular weight is 137 g/mol. The van der Waals surface area contributed by atoms with Crippen molar-refractivity contribution in [2.45, 2.75) is 0 Å². The molecule has 0 spiro atoms. The molecule has 2 rings (SSSR count). The van der Waals surface area contributed by atoms with Crippen molar-refractivity contribution in [3.63, 3.8) is 0 Å². The van der Waals surface area contributed by atoms with Gasteiger partial charge >= 0.3 is 0 Å². The van der Waals surface area contributed by atoms with Crippen LogP contribution in [0.1, 0.15) is 0 Å². The first-order chi connectivity index (χ1) is 4.95. The van der Waals surface area contributed by atoms with Gasteiger partial charge in [-0.25, -0.2) is 0 Å². The van der Waals surface area contributed by atoms with E-state index in [0.29, 0.717) is 5.92 Å². The van der Waals surface area contributed by atoms with Crippen molar-refractivity contribution >= 4 is 0 Å². The van der Waals surface area contributed by atoms with Crippen LogP contribution in [0.25, 0.3) is 0 Å². The Hall–Kier alpha value is -0.520. The van der Waals surface area contributed by atoms with Crippen LogP contribution in [0, 0.1) is 17.8 Å². The van der Waals surface area contributed by atoms with E-state index >= 15 is 0 Å². The van der Waals surface area contributed by atoms with E-state index in [1.807, 2.05) is 0 Å². The number of nitrogens with zero attached hydrogens (tertiary/aromatic N) is 1. The molecule has 0 atom stereocenters. The predicted molar refractivity (Wildman–Crippen MR) is 38.5 cm³/mol. The highest BCUT2D eigenvalue weighted by molar-refractivity contribution is 5.30. The van der Waals surface area contributed by atoms with Gasteiger partial charge in [0.15, 0.2) is 0 Å². The lowest BCUT2D eigenvalue weighted by Crippen LogP contribution is -2.37. The van der Waals surface area contributed by atoms with Gasteiger partial charge in [0, 0.05) is 19.6 Å². The normalized spacial score (nSPS) is 25.6. The number of rotatable bonds is 2. The van der Waals surface area contributed by atoms with E-state index < -0.39 is 0 Å². The van der Waals surface area contributed by atoms with Gasteiger partial charge in [-0.2, -0.15) is 0 Å². The number of morpholine rings is 1. The lowest BCUT2D eigenvalue weighted by atomic mass is 10.3. The summed E-state index contributed by atoms with van der Waals surface area (Å²) < 4.78 is 5.22. The number of hydrogen-bond donors (Lipinski definition) is 0. The van der Waals surface area contributed by atoms with E-state index in [2.05, 4.69) is 16.7 Å². The maximum absolute atomic E-state index is 5.22. The second kappa shape index (κ2) is 2.61. The Labute approximate surface area is 61.2 Å². The predicted octanol–water partition coefficient (Wildman–Crippen LogP) is -0.0482. The Morgan fingerprint density at radius 1 is 1.30 bits per heavy atom. The van der Waals surface area contributed by atoms with E-state index in [0.717, 1.165) is 32.8 Å². The first-order valence-corrected chi connectivity index (χ1v) is 3.76. The summed E-state index contributed by atoms with van der Waals surface area (Å²) in [5.74, 6) is 6.64. The first-order valence-electron chi connectivity index (χ1n) is 3.76. The fraction of sp³-hybridized carbons (Fsp3) is 0.750. The first kappa shape index (κ1) is 6.21. The highest BCUT2D eigenvalue weighted by Crippen LogP contribution is 2.08. The number of hydrogen-bond acceptors (Lipinski definition) is 2. The lowest BCUT2D eigenvalue weighted by Gasteiger charge is -2.25. The van der Waals surface area contributed by atoms with Crippen molar-refractivity contribution in [1.82, 2.24) is 4.90 Å². The van der Waals surface area contributed by atoms with Gasteiger partial charge in [0.25, 0.3) is 0 Å². The molecule has 0 aromatic rings. The van der Waals surface area contributed by atoms with Crippen molar-refractivity contribution in [3.05, 3.63) is 0 Å². The van der Waals surface area contributed by atoms with Crippen LogP contribution in [-0.2, 0) is 4.74 Å². The summed E-state index contributed by atoms with van der Waals surface area (Å²) in [6, 6.07) is 0. The van der Waals surface area contributed by atoms with Crippen LogP contribution in [0.3, 0.4) is 0 Å². The van der Waals surface area contributed by atoms with Crippen LogP contribution >= 0.6 is 0 Å². The molecule has 10 heavy (non-hydrogen) atoms. The zero-order valence-electron chi connectivity index (χ0n) is 5.97. The van der Waals surface area contributed by atoms with Gasteiger partial charge in [0.1, 0.15) is 0 Å². The van der Waals surface area contributed by atoms with E-state index in [1.54, 1.807) is 0 Å². The van der Waals surface area contributed by atoms with Gasteiger partial charge in [0.2, 0.25) is 0 Å². The Balaban J connectivity index is 1.69. The van der Waals surface area contributed by atoms with E-state index in [4.69, 9.17) is 4.74 Å². The molecular formula is C8H11NO. The van der Waals surface area contributed by atoms with Crippen molar-refractivity contribution in [3.8, 4) is 11.8 Å². The lowest BCUT2D eigenvalue weighted by molar-refractivity contribution is 0.0370. The number of ether oxygens (including phenoxy) is 1. The van der Waals surface area contributed by atoms with E-state index in [-0.39, 0.29) is 0 Å². The molecule has 0 aromatic heterocycles. The third-order valence-electron chi connectivity index (χ3n) is 1.89. The van der Waals surface area contributed by atoms with Crippen LogP contribution in [-0.4, -0.2) is 37.7 Å². The standard InChI is InChI=1S/C8H11NO/c1-2-8(1)7-9-3-5-10-6-4-9/h8H,3-7H2. The van der Waals surface area contributed by atoms with Gasteiger partial charge in [-0.1, -0.05) is 11.8 Å². The molecule has 2 nitrogen and oxygen atoms in total. The Morgan fingerprint density at radius 3 is 2.60 bits per heavy atom. The molecule has 0 amide bonds. The molecule has 1 aliphatic heterocycles. The molecule has 0 aromatic carbocycles. The minimum atomic E-state index is 0.540. The molecule has 1 heterocycles. The Morgan fingerprint density at radius 2 is 2.00 bits per heavy atom. The minimum absolute atomic E-state index is 0.540. The Bertz CT molecular complexity index is 165. The average Bonchev–Trinajstić information content (AvgIpc) is 2.74. The maximum Gasteiger partial charge on any atom is 0.0938 e. The molecule has 0 saturated carbocycles. The molecule has 2 aliphatic rings. The molecule has 0 radical (unpaired) electrons. The summed E-state index contributed by atoms with van der Waals surface area (Å²) in [4.78, 5) is 2.40. The topological polar surface area (TPSA) is 12.5 Å². The molecule has 1 fully saturated rings. The van der Waals surface area contributed by atoms with E-state index in [9.17, 15) is 0 Å². The third-order valence-corrected chi connectivity index (χ3v) is 1.89. The second-order valence-corrected chi connectivity index (χ2v) is 2.75. The SMILES string of the molecule is C1#CC1CN1CCOCC1. The molecule has 1 saturated heterocycles. The summed E-state index contributed by atoms with van der Waals surface area (Å²) in [6.07, 6.45) is 0. The summed E-state index contributed by atoms with van der Waals surface area (Å²) in [5.41, 5.74) is 0. The van der Waals surface area contributed by atoms with Crippen LogP contribution in [0.5, 0.6) is 0 Å². The van der Waals surface area contributed by atoms with Crippen molar-refractivity contribution in [2.24, 2.45) is 5.92 Å². The summed E-state index contributed by atoms with van der Waals surface area (Å²) in [7, 11) is 0. The highest BCUT2D eigenvalue weighted by atomic mass is 16.5. The van der Waals surface area contributed by atoms with Crippen LogP contribution < -0.4 is 0 Å². The maximum atomic E-state index is 5.22. The van der Waals surface area contributed by atoms with Crippen LogP contribution in [0.15, 0.2) is 0 Å². The highest BCUT2D eigenvalue weighted by Gasteiger charge is 2.17. The molecule has 1 aliphatic carbocycles. The van der Waals surface area contributed by atoms with Crippen molar-refractivity contribution < 1.29 is 4.74 Å². The summed E-state index contributed by atoms with van der Waals surface area (Å²) in [5, 5.41) is 0. The van der Waals surface area contributed by atoms with Gasteiger partial charge in [-0.15, -0.1) is 0 Å². The fourth-order valence-corrected chi connectivity index (χ4v) is 1.19. The largest absolute Gasteiger partial charge is 0.379 e. The van der Waals surface area contributed by atoms with E-state index in [1.165, 1.54) is 0 Å². The van der Waals surface area contributed by atoms with Crippen molar-refractivity contribution in [1.29, 1.82) is 0 Å². The third kappa shape index (κ3) is 1.50. The molecule has 0 bridgehead atoms. The quantitative estimate of drug-likeness (QED) is 0.495. The molecule has 0 unspecified atom stereocenters. The molecule has 54 valence electrons. The minimum Gasteiger partial charge on any atom is -0.379 e. The van der Waals surface area contributed by atoms with Crippen LogP contribution in [0.4, 0.5) is 0 Å².